The van der Waals surface area contributed by atoms with Crippen LogP contribution < -0.4 is 5.56 Å². The van der Waals surface area contributed by atoms with Gasteiger partial charge in [-0.15, -0.1) is 0 Å². The fourth-order valence-electron chi connectivity index (χ4n) is 1.93. The van der Waals surface area contributed by atoms with Crippen LogP contribution >= 0.6 is 46.6 Å². The van der Waals surface area contributed by atoms with Gasteiger partial charge in [-0.2, -0.15) is 4.98 Å². The zero-order chi connectivity index (χ0) is 15.9. The highest BCUT2D eigenvalue weighted by atomic mass is 35.5. The van der Waals surface area contributed by atoms with E-state index in [2.05, 4.69) is 15.0 Å². The highest BCUT2D eigenvalue weighted by Crippen LogP contribution is 2.29. The van der Waals surface area contributed by atoms with Gasteiger partial charge in [-0.3, -0.25) is 4.79 Å². The van der Waals surface area contributed by atoms with E-state index in [4.69, 9.17) is 34.8 Å². The summed E-state index contributed by atoms with van der Waals surface area (Å²) in [6, 6.07) is 4.90. The number of halogens is 3. The van der Waals surface area contributed by atoms with Gasteiger partial charge in [-0.25, -0.2) is 14.5 Å². The molecule has 0 unspecified atom stereocenters. The maximum Gasteiger partial charge on any atom is 0.270 e. The van der Waals surface area contributed by atoms with E-state index in [9.17, 15) is 4.79 Å². The standard InChI is InChI=1S/C13H7Cl3N4OS/c1-22-13-17-5-6-10(19-13)18-12(16)20(11(6)21)9-7(14)3-2-4-8(9)15/h2-5H,1H3. The fraction of sp³-hybridized carbons (Fsp3) is 0.0769. The molecule has 0 fully saturated rings. The van der Waals surface area contributed by atoms with Crippen LogP contribution in [0.2, 0.25) is 15.3 Å². The van der Waals surface area contributed by atoms with Crippen molar-refractivity contribution in [1.82, 2.24) is 19.5 Å². The molecule has 0 atom stereocenters. The molecule has 0 saturated carbocycles. The van der Waals surface area contributed by atoms with Gasteiger partial charge in [0.15, 0.2) is 10.8 Å². The van der Waals surface area contributed by atoms with Crippen molar-refractivity contribution in [3.8, 4) is 5.69 Å². The number of para-hydroxylation sites is 1. The van der Waals surface area contributed by atoms with Gasteiger partial charge in [-0.1, -0.05) is 41.0 Å². The molecule has 2 aromatic heterocycles. The van der Waals surface area contributed by atoms with Crippen molar-refractivity contribution < 1.29 is 0 Å². The maximum atomic E-state index is 12.7. The van der Waals surface area contributed by atoms with Crippen molar-refractivity contribution in [2.75, 3.05) is 6.26 Å². The molecule has 22 heavy (non-hydrogen) atoms. The van der Waals surface area contributed by atoms with Gasteiger partial charge < -0.3 is 0 Å². The number of aromatic nitrogens is 4. The van der Waals surface area contributed by atoms with Crippen molar-refractivity contribution in [2.24, 2.45) is 0 Å². The predicted octanol–water partition coefficient (Wildman–Crippen LogP) is 3.86. The Balaban J connectivity index is 2.39. The van der Waals surface area contributed by atoms with Gasteiger partial charge in [0.25, 0.3) is 5.56 Å². The Morgan fingerprint density at radius 1 is 1.14 bits per heavy atom. The summed E-state index contributed by atoms with van der Waals surface area (Å²) in [7, 11) is 0. The van der Waals surface area contributed by atoms with Crippen LogP contribution in [0.4, 0.5) is 0 Å². The number of hydrogen-bond acceptors (Lipinski definition) is 5. The van der Waals surface area contributed by atoms with Crippen LogP contribution in [0.3, 0.4) is 0 Å². The molecule has 0 radical (unpaired) electrons. The lowest BCUT2D eigenvalue weighted by atomic mass is 10.3. The summed E-state index contributed by atoms with van der Waals surface area (Å²) in [6.45, 7) is 0. The van der Waals surface area contributed by atoms with E-state index in [1.165, 1.54) is 18.0 Å². The molecule has 0 aliphatic rings. The highest BCUT2D eigenvalue weighted by molar-refractivity contribution is 7.98. The van der Waals surface area contributed by atoms with Crippen LogP contribution in [-0.2, 0) is 0 Å². The Kier molecular flexibility index (Phi) is 4.27. The second-order valence-electron chi connectivity index (χ2n) is 4.19. The van der Waals surface area contributed by atoms with E-state index < -0.39 is 5.56 Å². The van der Waals surface area contributed by atoms with Crippen molar-refractivity contribution >= 4 is 57.6 Å². The number of benzene rings is 1. The molecule has 3 rings (SSSR count). The first-order chi connectivity index (χ1) is 10.5. The molecule has 112 valence electrons. The van der Waals surface area contributed by atoms with E-state index in [0.717, 1.165) is 4.57 Å². The largest absolute Gasteiger partial charge is 0.270 e. The Morgan fingerprint density at radius 2 is 1.82 bits per heavy atom. The average Bonchev–Trinajstić information content (AvgIpc) is 2.49. The van der Waals surface area contributed by atoms with Crippen LogP contribution in [0.5, 0.6) is 0 Å². The van der Waals surface area contributed by atoms with E-state index in [1.807, 2.05) is 6.26 Å². The Bertz CT molecular complexity index is 924. The van der Waals surface area contributed by atoms with Crippen molar-refractivity contribution in [3.63, 3.8) is 0 Å². The third kappa shape index (κ3) is 2.56. The minimum absolute atomic E-state index is 0.0711. The first-order valence-electron chi connectivity index (χ1n) is 5.96. The molecule has 0 bridgehead atoms. The fourth-order valence-corrected chi connectivity index (χ4v) is 3.07. The van der Waals surface area contributed by atoms with Crippen molar-refractivity contribution in [3.05, 3.63) is 50.1 Å². The summed E-state index contributed by atoms with van der Waals surface area (Å²) in [5.41, 5.74) is 0.0793. The molecule has 2 heterocycles. The van der Waals surface area contributed by atoms with Gasteiger partial charge in [-0.05, 0) is 30.0 Å². The monoisotopic (exact) mass is 372 g/mol. The molecule has 3 aromatic rings. The van der Waals surface area contributed by atoms with E-state index >= 15 is 0 Å². The zero-order valence-electron chi connectivity index (χ0n) is 11.0. The summed E-state index contributed by atoms with van der Waals surface area (Å²) < 4.78 is 1.15. The lowest BCUT2D eigenvalue weighted by molar-refractivity contribution is 0.926. The van der Waals surface area contributed by atoms with Crippen LogP contribution in [0.1, 0.15) is 0 Å². The topological polar surface area (TPSA) is 60.7 Å². The van der Waals surface area contributed by atoms with Crippen LogP contribution in [0.15, 0.2) is 34.3 Å². The number of nitrogens with zero attached hydrogens (tertiary/aromatic N) is 4. The average molecular weight is 374 g/mol. The minimum Gasteiger partial charge on any atom is -0.268 e. The van der Waals surface area contributed by atoms with E-state index in [1.54, 1.807) is 18.2 Å². The molecular weight excluding hydrogens is 367 g/mol. The van der Waals surface area contributed by atoms with Gasteiger partial charge in [0, 0.05) is 6.20 Å². The molecular formula is C13H7Cl3N4OS. The maximum absolute atomic E-state index is 12.7. The summed E-state index contributed by atoms with van der Waals surface area (Å²) >= 11 is 19.8. The lowest BCUT2D eigenvalue weighted by Crippen LogP contribution is -2.22. The van der Waals surface area contributed by atoms with E-state index in [-0.39, 0.29) is 22.0 Å². The number of rotatable bonds is 2. The number of hydrogen-bond donors (Lipinski definition) is 0. The normalized spacial score (nSPS) is 11.1. The molecule has 0 N–H and O–H groups in total. The molecule has 0 amide bonds. The molecule has 5 nitrogen and oxygen atoms in total. The molecule has 1 aromatic carbocycles. The quantitative estimate of drug-likeness (QED) is 0.504. The second kappa shape index (κ2) is 6.04. The third-order valence-electron chi connectivity index (χ3n) is 2.91. The first-order valence-corrected chi connectivity index (χ1v) is 8.32. The molecule has 9 heteroatoms. The van der Waals surface area contributed by atoms with Crippen LogP contribution in [0, 0.1) is 0 Å². The predicted molar refractivity (Wildman–Crippen MR) is 89.7 cm³/mol. The second-order valence-corrected chi connectivity index (χ2v) is 6.11. The first kappa shape index (κ1) is 15.6. The SMILES string of the molecule is CSc1ncc2c(=O)n(-c3c(Cl)cccc3Cl)c(Cl)nc2n1. The summed E-state index contributed by atoms with van der Waals surface area (Å²) in [4.78, 5) is 25.1. The smallest absolute Gasteiger partial charge is 0.268 e. The van der Waals surface area contributed by atoms with Crippen LogP contribution in [-0.4, -0.2) is 25.8 Å². The van der Waals surface area contributed by atoms with E-state index in [0.29, 0.717) is 15.2 Å². The Morgan fingerprint density at radius 3 is 2.45 bits per heavy atom. The van der Waals surface area contributed by atoms with Crippen molar-refractivity contribution in [1.29, 1.82) is 0 Å². The Labute approximate surface area is 144 Å². The number of thioether (sulfide) groups is 1. The molecule has 0 aliphatic heterocycles. The van der Waals surface area contributed by atoms with Gasteiger partial charge in [0.05, 0.1) is 15.7 Å². The molecule has 0 aliphatic carbocycles. The highest BCUT2D eigenvalue weighted by Gasteiger charge is 2.17. The van der Waals surface area contributed by atoms with Crippen molar-refractivity contribution in [2.45, 2.75) is 5.16 Å². The summed E-state index contributed by atoms with van der Waals surface area (Å²) in [5, 5.41) is 1.25. The number of fused-ring (bicyclic) bond motifs is 1. The van der Waals surface area contributed by atoms with Gasteiger partial charge in [0.2, 0.25) is 5.28 Å². The minimum atomic E-state index is -0.433. The zero-order valence-corrected chi connectivity index (χ0v) is 14.1. The molecule has 0 saturated heterocycles. The lowest BCUT2D eigenvalue weighted by Gasteiger charge is -2.12. The summed E-state index contributed by atoms with van der Waals surface area (Å²) in [5.74, 6) is 0. The van der Waals surface area contributed by atoms with Gasteiger partial charge >= 0.3 is 0 Å². The van der Waals surface area contributed by atoms with Gasteiger partial charge in [0.1, 0.15) is 5.39 Å². The third-order valence-corrected chi connectivity index (χ3v) is 4.33. The summed E-state index contributed by atoms with van der Waals surface area (Å²) in [6.07, 6.45) is 3.24. The molecule has 0 spiro atoms. The van der Waals surface area contributed by atoms with Crippen LogP contribution in [0.25, 0.3) is 16.7 Å². The Hall–Kier alpha value is -1.34.